The predicted octanol–water partition coefficient (Wildman–Crippen LogP) is 4.61. The van der Waals surface area contributed by atoms with Gasteiger partial charge in [0.15, 0.2) is 0 Å². The molecule has 0 bridgehead atoms. The summed E-state index contributed by atoms with van der Waals surface area (Å²) in [7, 11) is 0. The molecule has 0 saturated heterocycles. The first-order valence-corrected chi connectivity index (χ1v) is 6.03. The summed E-state index contributed by atoms with van der Waals surface area (Å²) in [5.74, 6) is 0.730. The van der Waals surface area contributed by atoms with Crippen molar-refractivity contribution in [2.45, 2.75) is 39.5 Å². The third-order valence-corrected chi connectivity index (χ3v) is 2.67. The minimum absolute atomic E-state index is 0.730. The van der Waals surface area contributed by atoms with Crippen LogP contribution in [-0.2, 0) is 6.42 Å². The van der Waals surface area contributed by atoms with Crippen LogP contribution in [0, 0.1) is 5.92 Å². The summed E-state index contributed by atoms with van der Waals surface area (Å²) in [4.78, 5) is 0. The molecule has 1 aromatic carbocycles. The van der Waals surface area contributed by atoms with Gasteiger partial charge in [0, 0.05) is 0 Å². The van der Waals surface area contributed by atoms with Crippen molar-refractivity contribution >= 4 is 0 Å². The van der Waals surface area contributed by atoms with E-state index in [1.165, 1.54) is 24.8 Å². The molecule has 0 saturated carbocycles. The zero-order valence-electron chi connectivity index (χ0n) is 9.95. The van der Waals surface area contributed by atoms with Crippen molar-refractivity contribution in [3.8, 4) is 0 Å². The first-order valence-electron chi connectivity index (χ1n) is 6.03. The van der Waals surface area contributed by atoms with Gasteiger partial charge in [0.25, 0.3) is 0 Å². The Bertz CT molecular complexity index is 271. The molecule has 0 spiro atoms. The number of unbranched alkanes of at least 4 members (excludes halogenated alkanes) is 1. The molecule has 0 unspecified atom stereocenters. The van der Waals surface area contributed by atoms with Crippen LogP contribution in [0.25, 0.3) is 0 Å². The van der Waals surface area contributed by atoms with Gasteiger partial charge in [-0.3, -0.25) is 0 Å². The molecule has 15 heavy (non-hydrogen) atoms. The minimum atomic E-state index is 0.730. The Labute approximate surface area is 94.0 Å². The molecule has 0 aliphatic heterocycles. The van der Waals surface area contributed by atoms with Crippen LogP contribution in [0.1, 0.15) is 38.7 Å². The number of hydrogen-bond acceptors (Lipinski definition) is 0. The highest BCUT2D eigenvalue weighted by atomic mass is 14.0. The van der Waals surface area contributed by atoms with Crippen molar-refractivity contribution in [1.82, 2.24) is 0 Å². The van der Waals surface area contributed by atoms with Crippen LogP contribution in [-0.4, -0.2) is 0 Å². The fourth-order valence-electron chi connectivity index (χ4n) is 1.67. The van der Waals surface area contributed by atoms with Crippen molar-refractivity contribution in [3.63, 3.8) is 0 Å². The number of allylic oxidation sites excluding steroid dienone is 2. The van der Waals surface area contributed by atoms with E-state index in [0.29, 0.717) is 0 Å². The monoisotopic (exact) mass is 202 g/mol. The highest BCUT2D eigenvalue weighted by Gasteiger charge is 1.94. The maximum Gasteiger partial charge on any atom is -0.00974 e. The van der Waals surface area contributed by atoms with Gasteiger partial charge in [0.1, 0.15) is 0 Å². The average molecular weight is 202 g/mol. The molecule has 0 fully saturated rings. The maximum absolute atomic E-state index is 2.35. The van der Waals surface area contributed by atoms with Gasteiger partial charge in [0.05, 0.1) is 0 Å². The molecule has 0 radical (unpaired) electrons. The predicted molar refractivity (Wildman–Crippen MR) is 68.0 cm³/mol. The van der Waals surface area contributed by atoms with Gasteiger partial charge >= 0.3 is 0 Å². The van der Waals surface area contributed by atoms with E-state index in [1.807, 2.05) is 0 Å². The van der Waals surface area contributed by atoms with Crippen LogP contribution in [0.4, 0.5) is 0 Å². The van der Waals surface area contributed by atoms with Crippen molar-refractivity contribution in [2.24, 2.45) is 5.92 Å². The van der Waals surface area contributed by atoms with Gasteiger partial charge < -0.3 is 0 Å². The van der Waals surface area contributed by atoms with Crippen LogP contribution in [0.5, 0.6) is 0 Å². The van der Waals surface area contributed by atoms with E-state index >= 15 is 0 Å². The van der Waals surface area contributed by atoms with E-state index in [4.69, 9.17) is 0 Å². The molecule has 0 aliphatic carbocycles. The second kappa shape index (κ2) is 7.28. The van der Waals surface area contributed by atoms with Crippen LogP contribution < -0.4 is 0 Å². The molecule has 82 valence electrons. The van der Waals surface area contributed by atoms with E-state index in [-0.39, 0.29) is 0 Å². The molecule has 0 heterocycles. The van der Waals surface area contributed by atoms with Crippen molar-refractivity contribution < 1.29 is 0 Å². The molecule has 0 amide bonds. The van der Waals surface area contributed by atoms with Crippen molar-refractivity contribution in [3.05, 3.63) is 48.0 Å². The second-order valence-corrected chi connectivity index (χ2v) is 4.24. The topological polar surface area (TPSA) is 0 Å². The lowest BCUT2D eigenvalue weighted by molar-refractivity contribution is 0.597. The molecule has 0 N–H and O–H groups in total. The lowest BCUT2D eigenvalue weighted by Crippen LogP contribution is -1.89. The molecule has 1 rings (SSSR count). The Morgan fingerprint density at radius 1 is 1.20 bits per heavy atom. The molecule has 1 aromatic rings. The lowest BCUT2D eigenvalue weighted by Gasteiger charge is -2.03. The Morgan fingerprint density at radius 2 is 1.93 bits per heavy atom. The molecular formula is C15H22. The van der Waals surface area contributed by atoms with Crippen LogP contribution >= 0.6 is 0 Å². The van der Waals surface area contributed by atoms with Gasteiger partial charge in [-0.2, -0.15) is 0 Å². The summed E-state index contributed by atoms with van der Waals surface area (Å²) in [6.45, 7) is 4.55. The molecule has 0 nitrogen and oxygen atoms in total. The quantitative estimate of drug-likeness (QED) is 0.591. The molecular weight excluding hydrogens is 180 g/mol. The third kappa shape index (κ3) is 5.41. The van der Waals surface area contributed by atoms with Gasteiger partial charge in [0.2, 0.25) is 0 Å². The Hall–Kier alpha value is -1.04. The third-order valence-electron chi connectivity index (χ3n) is 2.67. The summed E-state index contributed by atoms with van der Waals surface area (Å²) in [6, 6.07) is 10.6. The van der Waals surface area contributed by atoms with Crippen LogP contribution in [0.3, 0.4) is 0 Å². The molecule has 0 aromatic heterocycles. The van der Waals surface area contributed by atoms with Gasteiger partial charge in [-0.1, -0.05) is 69.2 Å². The Kier molecular flexibility index (Phi) is 5.84. The standard InChI is InChI=1S/C15H22/c1-3-4-9-14(2)10-8-13-15-11-6-5-7-12-15/h5-8,10-12,14H,3-4,9,13H2,1-2H3/b10-8+/t14-/m0/s1. The molecule has 0 heteroatoms. The van der Waals surface area contributed by atoms with E-state index in [1.54, 1.807) is 0 Å². The normalized spacial score (nSPS) is 13.2. The number of rotatable bonds is 6. The summed E-state index contributed by atoms with van der Waals surface area (Å²) in [5, 5.41) is 0. The van der Waals surface area contributed by atoms with Gasteiger partial charge in [-0.05, 0) is 24.3 Å². The largest absolute Gasteiger partial charge is 0.0854 e. The van der Waals surface area contributed by atoms with Crippen molar-refractivity contribution in [2.75, 3.05) is 0 Å². The SMILES string of the molecule is CCCC[C@H](C)/C=C/Cc1ccccc1. The fourth-order valence-corrected chi connectivity index (χ4v) is 1.67. The first-order chi connectivity index (χ1) is 7.33. The Balaban J connectivity index is 2.27. The van der Waals surface area contributed by atoms with E-state index < -0.39 is 0 Å². The molecule has 0 aliphatic rings. The summed E-state index contributed by atoms with van der Waals surface area (Å²) >= 11 is 0. The highest BCUT2D eigenvalue weighted by molar-refractivity contribution is 5.17. The van der Waals surface area contributed by atoms with Crippen molar-refractivity contribution in [1.29, 1.82) is 0 Å². The summed E-state index contributed by atoms with van der Waals surface area (Å²) in [6.07, 6.45) is 9.69. The van der Waals surface area contributed by atoms with Gasteiger partial charge in [-0.15, -0.1) is 0 Å². The lowest BCUT2D eigenvalue weighted by atomic mass is 10.0. The minimum Gasteiger partial charge on any atom is -0.0854 e. The Morgan fingerprint density at radius 3 is 2.60 bits per heavy atom. The first kappa shape index (κ1) is 12.0. The maximum atomic E-state index is 2.35. The van der Waals surface area contributed by atoms with Crippen LogP contribution in [0.15, 0.2) is 42.5 Å². The fraction of sp³-hybridized carbons (Fsp3) is 0.467. The zero-order chi connectivity index (χ0) is 10.9. The van der Waals surface area contributed by atoms with E-state index in [2.05, 4.69) is 56.3 Å². The summed E-state index contributed by atoms with van der Waals surface area (Å²) in [5.41, 5.74) is 1.40. The average Bonchev–Trinajstić information content (AvgIpc) is 2.28. The van der Waals surface area contributed by atoms with E-state index in [9.17, 15) is 0 Å². The summed E-state index contributed by atoms with van der Waals surface area (Å²) < 4.78 is 0. The number of benzene rings is 1. The molecule has 1 atom stereocenters. The number of hydrogen-bond donors (Lipinski definition) is 0. The zero-order valence-corrected chi connectivity index (χ0v) is 9.95. The highest BCUT2D eigenvalue weighted by Crippen LogP contribution is 2.09. The van der Waals surface area contributed by atoms with Crippen LogP contribution in [0.2, 0.25) is 0 Å². The van der Waals surface area contributed by atoms with E-state index in [0.717, 1.165) is 12.3 Å². The van der Waals surface area contributed by atoms with Gasteiger partial charge in [-0.25, -0.2) is 0 Å². The smallest absolute Gasteiger partial charge is 0.00974 e. The second-order valence-electron chi connectivity index (χ2n) is 4.24.